The molecule has 0 saturated carbocycles. The number of hydrogen-bond acceptors (Lipinski definition) is 4. The molecule has 0 atom stereocenters. The number of hydrogen-bond donors (Lipinski definition) is 0. The highest BCUT2D eigenvalue weighted by Gasteiger charge is 2.05. The van der Waals surface area contributed by atoms with Crippen LogP contribution in [0, 0.1) is 0 Å². The molecule has 0 radical (unpaired) electrons. The second-order valence-corrected chi connectivity index (χ2v) is 2.74. The summed E-state index contributed by atoms with van der Waals surface area (Å²) in [6, 6.07) is 2.05. The van der Waals surface area contributed by atoms with E-state index in [0.717, 1.165) is 0 Å². The summed E-state index contributed by atoms with van der Waals surface area (Å²) in [5.74, 6) is 0. The third-order valence-corrected chi connectivity index (χ3v) is 1.72. The van der Waals surface area contributed by atoms with Gasteiger partial charge >= 0.3 is 6.01 Å². The number of ether oxygens (including phenoxy) is 1. The Kier molecular flexibility index (Phi) is 2.02. The number of halogens is 1. The Morgan fingerprint density at radius 2 is 2.38 bits per heavy atom. The second kappa shape index (κ2) is 3.18. The molecule has 2 rings (SSSR count). The first kappa shape index (κ1) is 8.25. The van der Waals surface area contributed by atoms with E-state index >= 15 is 0 Å². The third-order valence-electron chi connectivity index (χ3n) is 1.51. The molecule has 6 heteroatoms. The Balaban J connectivity index is 2.55. The van der Waals surface area contributed by atoms with E-state index < -0.39 is 0 Å². The van der Waals surface area contributed by atoms with Gasteiger partial charge in [-0.15, -0.1) is 5.10 Å². The van der Waals surface area contributed by atoms with Crippen LogP contribution in [0.1, 0.15) is 6.92 Å². The first-order valence-electron chi connectivity index (χ1n) is 3.80. The first-order valence-corrected chi connectivity index (χ1v) is 4.18. The van der Waals surface area contributed by atoms with E-state index in [4.69, 9.17) is 16.3 Å². The summed E-state index contributed by atoms with van der Waals surface area (Å²) in [4.78, 5) is 3.89. The Bertz CT molecular complexity index is 427. The highest BCUT2D eigenvalue weighted by atomic mass is 35.5. The molecular formula is C7H7ClN4O. The molecule has 0 amide bonds. The summed E-state index contributed by atoms with van der Waals surface area (Å²) >= 11 is 5.67. The van der Waals surface area contributed by atoms with Gasteiger partial charge in [0.1, 0.15) is 11.5 Å². The van der Waals surface area contributed by atoms with Gasteiger partial charge < -0.3 is 4.74 Å². The Morgan fingerprint density at radius 3 is 3.15 bits per heavy atom. The number of rotatable bonds is 2. The van der Waals surface area contributed by atoms with E-state index in [1.54, 1.807) is 10.5 Å². The Morgan fingerprint density at radius 1 is 1.54 bits per heavy atom. The predicted molar refractivity (Wildman–Crippen MR) is 47.0 cm³/mol. The summed E-state index contributed by atoms with van der Waals surface area (Å²) in [7, 11) is 0. The standard InChI is InChI=1S/C7H7ClN4O/c1-2-13-7-11-10-6-3-5(8)9-4-12(6)7/h3-4H,2H2,1H3. The molecular weight excluding hydrogens is 192 g/mol. The molecule has 0 aromatic carbocycles. The second-order valence-electron chi connectivity index (χ2n) is 2.36. The molecule has 0 aliphatic carbocycles. The third kappa shape index (κ3) is 1.42. The van der Waals surface area contributed by atoms with E-state index in [1.807, 2.05) is 6.92 Å². The van der Waals surface area contributed by atoms with Gasteiger partial charge in [-0.05, 0) is 6.92 Å². The lowest BCUT2D eigenvalue weighted by Gasteiger charge is -1.98. The molecule has 13 heavy (non-hydrogen) atoms. The lowest BCUT2D eigenvalue weighted by atomic mass is 10.6. The minimum Gasteiger partial charge on any atom is -0.464 e. The molecule has 0 spiro atoms. The highest BCUT2D eigenvalue weighted by Crippen LogP contribution is 2.12. The van der Waals surface area contributed by atoms with Crippen molar-refractivity contribution in [1.29, 1.82) is 0 Å². The topological polar surface area (TPSA) is 52.3 Å². The van der Waals surface area contributed by atoms with Crippen molar-refractivity contribution in [3.05, 3.63) is 17.5 Å². The van der Waals surface area contributed by atoms with Crippen molar-refractivity contribution in [2.24, 2.45) is 0 Å². The van der Waals surface area contributed by atoms with Crippen LogP contribution in [-0.2, 0) is 0 Å². The fourth-order valence-electron chi connectivity index (χ4n) is 0.980. The minimum absolute atomic E-state index is 0.392. The van der Waals surface area contributed by atoms with Crippen molar-refractivity contribution >= 4 is 17.2 Å². The van der Waals surface area contributed by atoms with Crippen LogP contribution in [0.3, 0.4) is 0 Å². The van der Waals surface area contributed by atoms with Crippen LogP contribution in [-0.4, -0.2) is 26.2 Å². The van der Waals surface area contributed by atoms with Crippen molar-refractivity contribution in [1.82, 2.24) is 19.6 Å². The molecule has 0 unspecified atom stereocenters. The van der Waals surface area contributed by atoms with E-state index in [9.17, 15) is 0 Å². The fourth-order valence-corrected chi connectivity index (χ4v) is 1.12. The lowest BCUT2D eigenvalue weighted by molar-refractivity contribution is 0.308. The zero-order valence-corrected chi connectivity index (χ0v) is 7.69. The SMILES string of the molecule is CCOc1nnc2cc(Cl)ncn12. The molecule has 0 aliphatic rings. The van der Waals surface area contributed by atoms with Crippen LogP contribution in [0.2, 0.25) is 5.15 Å². The van der Waals surface area contributed by atoms with Crippen LogP contribution < -0.4 is 4.74 Å². The van der Waals surface area contributed by atoms with E-state index in [1.165, 1.54) is 6.33 Å². The van der Waals surface area contributed by atoms with Gasteiger partial charge in [0.25, 0.3) is 0 Å². The van der Waals surface area contributed by atoms with Crippen LogP contribution in [0.5, 0.6) is 6.01 Å². The highest BCUT2D eigenvalue weighted by molar-refractivity contribution is 6.29. The van der Waals surface area contributed by atoms with Gasteiger partial charge in [-0.2, -0.15) is 0 Å². The smallest absolute Gasteiger partial charge is 0.322 e. The molecule has 0 fully saturated rings. The molecule has 5 nitrogen and oxygen atoms in total. The van der Waals surface area contributed by atoms with Crippen LogP contribution in [0.25, 0.3) is 5.65 Å². The Labute approximate surface area is 79.3 Å². The van der Waals surface area contributed by atoms with Crippen molar-refractivity contribution in [3.8, 4) is 6.01 Å². The summed E-state index contributed by atoms with van der Waals surface area (Å²) in [6.45, 7) is 2.42. The average Bonchev–Trinajstić information content (AvgIpc) is 2.49. The van der Waals surface area contributed by atoms with Gasteiger partial charge in [0.05, 0.1) is 6.61 Å². The summed E-state index contributed by atoms with van der Waals surface area (Å²) in [5, 5.41) is 8.07. The molecule has 2 aromatic heterocycles. The number of aromatic nitrogens is 4. The van der Waals surface area contributed by atoms with Crippen LogP contribution in [0.15, 0.2) is 12.4 Å². The first-order chi connectivity index (χ1) is 6.31. The summed E-state index contributed by atoms with van der Waals surface area (Å²) < 4.78 is 6.84. The van der Waals surface area contributed by atoms with Crippen LogP contribution >= 0.6 is 11.6 Å². The van der Waals surface area contributed by atoms with Gasteiger partial charge in [-0.3, -0.25) is 0 Å². The molecule has 2 aromatic rings. The molecule has 0 N–H and O–H groups in total. The predicted octanol–water partition coefficient (Wildman–Crippen LogP) is 1.18. The monoisotopic (exact) mass is 198 g/mol. The average molecular weight is 199 g/mol. The summed E-state index contributed by atoms with van der Waals surface area (Å²) in [5.41, 5.74) is 0.628. The lowest BCUT2D eigenvalue weighted by Crippen LogP contribution is -1.97. The molecule has 0 bridgehead atoms. The van der Waals surface area contributed by atoms with Gasteiger partial charge in [0.15, 0.2) is 5.65 Å². The van der Waals surface area contributed by atoms with Crippen molar-refractivity contribution in [3.63, 3.8) is 0 Å². The van der Waals surface area contributed by atoms with E-state index in [-0.39, 0.29) is 0 Å². The number of nitrogens with zero attached hydrogens (tertiary/aromatic N) is 4. The molecule has 2 heterocycles. The van der Waals surface area contributed by atoms with E-state index in [0.29, 0.717) is 23.4 Å². The number of fused-ring (bicyclic) bond motifs is 1. The van der Waals surface area contributed by atoms with Gasteiger partial charge in [-0.25, -0.2) is 9.38 Å². The molecule has 0 saturated heterocycles. The Hall–Kier alpha value is -1.36. The zero-order valence-electron chi connectivity index (χ0n) is 6.94. The maximum absolute atomic E-state index is 5.67. The van der Waals surface area contributed by atoms with Gasteiger partial charge in [-0.1, -0.05) is 16.7 Å². The van der Waals surface area contributed by atoms with E-state index in [2.05, 4.69) is 15.2 Å². The van der Waals surface area contributed by atoms with Crippen molar-refractivity contribution in [2.45, 2.75) is 6.92 Å². The normalized spacial score (nSPS) is 10.6. The maximum Gasteiger partial charge on any atom is 0.322 e. The quantitative estimate of drug-likeness (QED) is 0.680. The van der Waals surface area contributed by atoms with Gasteiger partial charge in [0, 0.05) is 6.07 Å². The molecule has 0 aliphatic heterocycles. The minimum atomic E-state index is 0.392. The molecule has 68 valence electrons. The summed E-state index contributed by atoms with van der Waals surface area (Å²) in [6.07, 6.45) is 1.53. The maximum atomic E-state index is 5.67. The van der Waals surface area contributed by atoms with Crippen LogP contribution in [0.4, 0.5) is 0 Å². The van der Waals surface area contributed by atoms with Gasteiger partial charge in [0.2, 0.25) is 0 Å². The van der Waals surface area contributed by atoms with Crippen molar-refractivity contribution < 1.29 is 4.74 Å². The van der Waals surface area contributed by atoms with Crippen molar-refractivity contribution in [2.75, 3.05) is 6.61 Å². The zero-order chi connectivity index (χ0) is 9.26. The fraction of sp³-hybridized carbons (Fsp3) is 0.286. The largest absolute Gasteiger partial charge is 0.464 e.